The van der Waals surface area contributed by atoms with E-state index in [4.69, 9.17) is 5.26 Å². The summed E-state index contributed by atoms with van der Waals surface area (Å²) in [6.07, 6.45) is 0.623. The Kier molecular flexibility index (Phi) is 4.51. The molecule has 1 N–H and O–H groups in total. The van der Waals surface area contributed by atoms with Gasteiger partial charge in [0.15, 0.2) is 0 Å². The van der Waals surface area contributed by atoms with E-state index in [0.29, 0.717) is 18.5 Å². The molecule has 0 aliphatic heterocycles. The van der Waals surface area contributed by atoms with Gasteiger partial charge >= 0.3 is 0 Å². The number of nitrogens with zero attached hydrogens (tertiary/aromatic N) is 1. The molecule has 5 heteroatoms. The largest absolute Gasteiger partial charge is 0.240 e. The zero-order chi connectivity index (χ0) is 14.4. The summed E-state index contributed by atoms with van der Waals surface area (Å²) in [4.78, 5) is 0.115. The van der Waals surface area contributed by atoms with E-state index in [2.05, 4.69) is 4.72 Å². The van der Waals surface area contributed by atoms with Crippen molar-refractivity contribution in [2.45, 2.75) is 11.3 Å². The van der Waals surface area contributed by atoms with Crippen molar-refractivity contribution in [2.24, 2.45) is 0 Å². The van der Waals surface area contributed by atoms with Gasteiger partial charge in [0, 0.05) is 6.54 Å². The second-order valence-corrected chi connectivity index (χ2v) is 6.04. The van der Waals surface area contributed by atoms with E-state index in [0.717, 1.165) is 5.56 Å². The highest BCUT2D eigenvalue weighted by atomic mass is 32.2. The first-order valence-electron chi connectivity index (χ1n) is 6.15. The second kappa shape index (κ2) is 6.33. The number of nitriles is 1. The molecule has 2 rings (SSSR count). The maximum atomic E-state index is 12.1. The highest BCUT2D eigenvalue weighted by molar-refractivity contribution is 7.89. The van der Waals surface area contributed by atoms with Gasteiger partial charge in [-0.3, -0.25) is 0 Å². The molecule has 0 spiro atoms. The van der Waals surface area contributed by atoms with Crippen LogP contribution in [0.25, 0.3) is 0 Å². The number of nitrogens with one attached hydrogen (secondary N) is 1. The standard InChI is InChI=1S/C15H14N2O2S/c16-12-14-7-4-8-15(11-14)20(18,19)17-10-9-13-5-2-1-3-6-13/h1-8,11,17H,9-10H2. The molecule has 0 saturated heterocycles. The molecule has 0 bridgehead atoms. The summed E-state index contributed by atoms with van der Waals surface area (Å²) in [6, 6.07) is 17.6. The highest BCUT2D eigenvalue weighted by Crippen LogP contribution is 2.10. The maximum absolute atomic E-state index is 12.1. The maximum Gasteiger partial charge on any atom is 0.240 e. The van der Waals surface area contributed by atoms with Gasteiger partial charge in [-0.1, -0.05) is 36.4 Å². The lowest BCUT2D eigenvalue weighted by atomic mass is 10.2. The molecule has 0 unspecified atom stereocenters. The Hall–Kier alpha value is -2.16. The molecule has 0 aliphatic rings. The van der Waals surface area contributed by atoms with Gasteiger partial charge in [0.1, 0.15) is 0 Å². The SMILES string of the molecule is N#Cc1cccc(S(=O)(=O)NCCc2ccccc2)c1. The Bertz CT molecular complexity index is 719. The van der Waals surface area contributed by atoms with E-state index < -0.39 is 10.0 Å². The van der Waals surface area contributed by atoms with Gasteiger partial charge in [-0.05, 0) is 30.2 Å². The van der Waals surface area contributed by atoms with E-state index in [9.17, 15) is 8.42 Å². The fourth-order valence-electron chi connectivity index (χ4n) is 1.79. The first kappa shape index (κ1) is 14.3. The van der Waals surface area contributed by atoms with Gasteiger partial charge in [-0.25, -0.2) is 13.1 Å². The molecule has 0 aliphatic carbocycles. The average Bonchev–Trinajstić information content (AvgIpc) is 2.48. The van der Waals surface area contributed by atoms with Crippen molar-refractivity contribution in [1.29, 1.82) is 5.26 Å². The summed E-state index contributed by atoms with van der Waals surface area (Å²) in [5.74, 6) is 0. The van der Waals surface area contributed by atoms with Gasteiger partial charge in [0.2, 0.25) is 10.0 Å². The molecule has 0 radical (unpaired) electrons. The molecule has 0 aromatic heterocycles. The van der Waals surface area contributed by atoms with Crippen molar-refractivity contribution >= 4 is 10.0 Å². The fourth-order valence-corrected chi connectivity index (χ4v) is 2.87. The molecular weight excluding hydrogens is 272 g/mol. The molecule has 0 heterocycles. The van der Waals surface area contributed by atoms with Gasteiger partial charge in [0.05, 0.1) is 16.5 Å². The van der Waals surface area contributed by atoms with Gasteiger partial charge < -0.3 is 0 Å². The van der Waals surface area contributed by atoms with Crippen LogP contribution in [0.5, 0.6) is 0 Å². The molecule has 2 aromatic rings. The minimum Gasteiger partial charge on any atom is -0.211 e. The van der Waals surface area contributed by atoms with E-state index in [1.165, 1.54) is 12.1 Å². The first-order chi connectivity index (χ1) is 9.62. The predicted molar refractivity (Wildman–Crippen MR) is 76.5 cm³/mol. The molecule has 0 fully saturated rings. The molecule has 2 aromatic carbocycles. The van der Waals surface area contributed by atoms with Crippen LogP contribution in [0, 0.1) is 11.3 Å². The number of sulfonamides is 1. The average molecular weight is 286 g/mol. The van der Waals surface area contributed by atoms with Crippen molar-refractivity contribution in [3.05, 3.63) is 65.7 Å². The minimum absolute atomic E-state index is 0.115. The smallest absolute Gasteiger partial charge is 0.211 e. The Labute approximate surface area is 118 Å². The summed E-state index contributed by atoms with van der Waals surface area (Å²) in [7, 11) is -3.56. The Morgan fingerprint density at radius 1 is 1.05 bits per heavy atom. The molecular formula is C15H14N2O2S. The van der Waals surface area contributed by atoms with Crippen LogP contribution in [0.2, 0.25) is 0 Å². The second-order valence-electron chi connectivity index (χ2n) is 4.27. The number of hydrogen-bond donors (Lipinski definition) is 1. The zero-order valence-electron chi connectivity index (χ0n) is 10.8. The van der Waals surface area contributed by atoms with Crippen LogP contribution in [-0.4, -0.2) is 15.0 Å². The normalized spacial score (nSPS) is 10.9. The summed E-state index contributed by atoms with van der Waals surface area (Å²) in [6.45, 7) is 0.323. The summed E-state index contributed by atoms with van der Waals surface area (Å²) < 4.78 is 26.7. The van der Waals surface area contributed by atoms with E-state index in [1.807, 2.05) is 36.4 Å². The van der Waals surface area contributed by atoms with Gasteiger partial charge in [-0.15, -0.1) is 0 Å². The van der Waals surface area contributed by atoms with Crippen LogP contribution in [0.4, 0.5) is 0 Å². The number of benzene rings is 2. The summed E-state index contributed by atoms with van der Waals surface area (Å²) in [5, 5.41) is 8.79. The van der Waals surface area contributed by atoms with Crippen LogP contribution in [0.1, 0.15) is 11.1 Å². The molecule has 0 amide bonds. The number of hydrogen-bond acceptors (Lipinski definition) is 3. The van der Waals surface area contributed by atoms with Crippen LogP contribution in [0.15, 0.2) is 59.5 Å². The van der Waals surface area contributed by atoms with Crippen molar-refractivity contribution in [2.75, 3.05) is 6.54 Å². The topological polar surface area (TPSA) is 70.0 Å². The quantitative estimate of drug-likeness (QED) is 0.914. The van der Waals surface area contributed by atoms with Crippen LogP contribution < -0.4 is 4.72 Å². The van der Waals surface area contributed by atoms with Crippen LogP contribution >= 0.6 is 0 Å². The molecule has 0 saturated carbocycles. The van der Waals surface area contributed by atoms with E-state index in [-0.39, 0.29) is 4.90 Å². The Morgan fingerprint density at radius 2 is 1.80 bits per heavy atom. The Balaban J connectivity index is 2.02. The van der Waals surface area contributed by atoms with Crippen molar-refractivity contribution in [1.82, 2.24) is 4.72 Å². The van der Waals surface area contributed by atoms with Crippen molar-refractivity contribution < 1.29 is 8.42 Å². The van der Waals surface area contributed by atoms with Crippen molar-refractivity contribution in [3.8, 4) is 6.07 Å². The minimum atomic E-state index is -3.56. The van der Waals surface area contributed by atoms with E-state index in [1.54, 1.807) is 12.1 Å². The lowest BCUT2D eigenvalue weighted by Gasteiger charge is -2.07. The third-order valence-corrected chi connectivity index (χ3v) is 4.28. The molecule has 102 valence electrons. The number of rotatable bonds is 5. The summed E-state index contributed by atoms with van der Waals surface area (Å²) in [5.41, 5.74) is 1.40. The predicted octanol–water partition coefficient (Wildman–Crippen LogP) is 2.08. The third kappa shape index (κ3) is 3.67. The molecule has 4 nitrogen and oxygen atoms in total. The highest BCUT2D eigenvalue weighted by Gasteiger charge is 2.13. The summed E-state index contributed by atoms with van der Waals surface area (Å²) >= 11 is 0. The van der Waals surface area contributed by atoms with E-state index >= 15 is 0 Å². The van der Waals surface area contributed by atoms with Crippen LogP contribution in [0.3, 0.4) is 0 Å². The fraction of sp³-hybridized carbons (Fsp3) is 0.133. The molecule has 0 atom stereocenters. The van der Waals surface area contributed by atoms with Crippen molar-refractivity contribution in [3.63, 3.8) is 0 Å². The van der Waals surface area contributed by atoms with Gasteiger partial charge in [-0.2, -0.15) is 5.26 Å². The zero-order valence-corrected chi connectivity index (χ0v) is 11.6. The molecule has 20 heavy (non-hydrogen) atoms. The lowest BCUT2D eigenvalue weighted by molar-refractivity contribution is 0.581. The lowest BCUT2D eigenvalue weighted by Crippen LogP contribution is -2.26. The van der Waals surface area contributed by atoms with Crippen LogP contribution in [-0.2, 0) is 16.4 Å². The monoisotopic (exact) mass is 286 g/mol. The third-order valence-electron chi connectivity index (χ3n) is 2.82. The Morgan fingerprint density at radius 3 is 2.50 bits per heavy atom. The van der Waals surface area contributed by atoms with Gasteiger partial charge in [0.25, 0.3) is 0 Å². The first-order valence-corrected chi connectivity index (χ1v) is 7.64.